The largest absolute Gasteiger partial charge is 0.496 e. The zero-order valence-electron chi connectivity index (χ0n) is 19.0. The summed E-state index contributed by atoms with van der Waals surface area (Å²) < 4.78 is 16.4. The standard InChI is InChI=1S/C24H25ClN4O5/c1-5-21(30)29-16-11-26-10-15(16)28-20-7-14-13(9-27-20)6-18(34-24(14)31)22-12(2)17(32-3)8-19(33-4)23(22)25/h5-9,15-16,26H,1,10-11H2,2-4H3,(H,27,28)(H,29,30)/t15?,16-/m0/s1. The number of anilines is 1. The molecule has 2 aromatic heterocycles. The Morgan fingerprint density at radius 2 is 1.97 bits per heavy atom. The van der Waals surface area contributed by atoms with Crippen LogP contribution < -0.4 is 31.0 Å². The predicted octanol–water partition coefficient (Wildman–Crippen LogP) is 2.89. The van der Waals surface area contributed by atoms with Crippen molar-refractivity contribution in [3.63, 3.8) is 0 Å². The zero-order chi connectivity index (χ0) is 24.4. The topological polar surface area (TPSA) is 115 Å². The van der Waals surface area contributed by atoms with Gasteiger partial charge in [0.1, 0.15) is 23.1 Å². The van der Waals surface area contributed by atoms with Crippen LogP contribution in [-0.4, -0.2) is 50.3 Å². The number of benzene rings is 1. The van der Waals surface area contributed by atoms with Crippen LogP contribution in [0.25, 0.3) is 22.1 Å². The highest BCUT2D eigenvalue weighted by molar-refractivity contribution is 6.35. The maximum Gasteiger partial charge on any atom is 0.344 e. The van der Waals surface area contributed by atoms with Crippen molar-refractivity contribution >= 4 is 34.1 Å². The molecule has 0 aliphatic carbocycles. The van der Waals surface area contributed by atoms with Crippen LogP contribution in [0.3, 0.4) is 0 Å². The van der Waals surface area contributed by atoms with Crippen LogP contribution in [0.2, 0.25) is 5.02 Å². The Hall–Kier alpha value is -3.56. The first-order valence-electron chi connectivity index (χ1n) is 10.6. The summed E-state index contributed by atoms with van der Waals surface area (Å²) >= 11 is 6.55. The maximum atomic E-state index is 12.9. The van der Waals surface area contributed by atoms with Gasteiger partial charge >= 0.3 is 5.63 Å². The SMILES string of the molecule is C=CC(=O)N[C@H]1CNCC1Nc1cc2c(=O)oc(-c3c(C)c(OC)cc(OC)c3Cl)cc2cn1. The van der Waals surface area contributed by atoms with Crippen LogP contribution in [0.5, 0.6) is 11.5 Å². The van der Waals surface area contributed by atoms with Gasteiger partial charge in [-0.05, 0) is 25.1 Å². The average Bonchev–Trinajstić information content (AvgIpc) is 3.26. The van der Waals surface area contributed by atoms with E-state index in [9.17, 15) is 9.59 Å². The molecule has 0 saturated carbocycles. The molecule has 0 bridgehead atoms. The minimum Gasteiger partial charge on any atom is -0.496 e. The molecule has 1 fully saturated rings. The number of carbonyl (C=O) groups is 1. The van der Waals surface area contributed by atoms with Gasteiger partial charge in [0.05, 0.1) is 36.7 Å². The molecule has 9 nitrogen and oxygen atoms in total. The third kappa shape index (κ3) is 4.44. The number of hydrogen-bond donors (Lipinski definition) is 3. The highest BCUT2D eigenvalue weighted by atomic mass is 35.5. The minimum atomic E-state index is -0.531. The lowest BCUT2D eigenvalue weighted by Gasteiger charge is -2.21. The minimum absolute atomic E-state index is 0.106. The number of amides is 1. The summed E-state index contributed by atoms with van der Waals surface area (Å²) in [6.45, 7) is 6.55. The summed E-state index contributed by atoms with van der Waals surface area (Å²) in [5, 5.41) is 10.7. The summed E-state index contributed by atoms with van der Waals surface area (Å²) in [5.41, 5.74) is 0.691. The van der Waals surface area contributed by atoms with Crippen molar-refractivity contribution in [3.05, 3.63) is 58.1 Å². The summed E-state index contributed by atoms with van der Waals surface area (Å²) in [6, 6.07) is 4.78. The number of ether oxygens (including phenoxy) is 2. The fourth-order valence-electron chi connectivity index (χ4n) is 4.05. The van der Waals surface area contributed by atoms with Gasteiger partial charge in [-0.3, -0.25) is 4.79 Å². The van der Waals surface area contributed by atoms with E-state index in [0.717, 1.165) is 0 Å². The van der Waals surface area contributed by atoms with Gasteiger partial charge in [0.15, 0.2) is 0 Å². The molecule has 1 aliphatic heterocycles. The Morgan fingerprint density at radius 1 is 1.24 bits per heavy atom. The summed E-state index contributed by atoms with van der Waals surface area (Å²) in [5.74, 6) is 1.49. The molecule has 4 rings (SSSR count). The van der Waals surface area contributed by atoms with Crippen LogP contribution in [-0.2, 0) is 4.79 Å². The van der Waals surface area contributed by atoms with E-state index < -0.39 is 5.63 Å². The Labute approximate surface area is 201 Å². The molecule has 1 amide bonds. The lowest BCUT2D eigenvalue weighted by atomic mass is 10.0. The molecule has 34 heavy (non-hydrogen) atoms. The molecule has 1 saturated heterocycles. The second-order valence-corrected chi connectivity index (χ2v) is 8.26. The monoisotopic (exact) mass is 484 g/mol. The Balaban J connectivity index is 1.69. The van der Waals surface area contributed by atoms with Crippen molar-refractivity contribution < 1.29 is 18.7 Å². The summed E-state index contributed by atoms with van der Waals surface area (Å²) in [7, 11) is 3.05. The number of hydrogen-bond acceptors (Lipinski definition) is 8. The van der Waals surface area contributed by atoms with E-state index in [-0.39, 0.29) is 23.8 Å². The third-order valence-corrected chi connectivity index (χ3v) is 6.21. The molecule has 1 aliphatic rings. The van der Waals surface area contributed by atoms with Crippen molar-refractivity contribution in [2.45, 2.75) is 19.0 Å². The normalized spacial score (nSPS) is 17.4. The highest BCUT2D eigenvalue weighted by Crippen LogP contribution is 2.42. The lowest BCUT2D eigenvalue weighted by molar-refractivity contribution is -0.117. The summed E-state index contributed by atoms with van der Waals surface area (Å²) in [4.78, 5) is 29.1. The van der Waals surface area contributed by atoms with Crippen molar-refractivity contribution in [2.24, 2.45) is 0 Å². The van der Waals surface area contributed by atoms with Gasteiger partial charge in [0.25, 0.3) is 0 Å². The van der Waals surface area contributed by atoms with Gasteiger partial charge in [0, 0.05) is 41.9 Å². The first kappa shape index (κ1) is 23.6. The van der Waals surface area contributed by atoms with Crippen LogP contribution in [0.15, 0.2) is 46.3 Å². The smallest absolute Gasteiger partial charge is 0.344 e. The van der Waals surface area contributed by atoms with E-state index in [1.54, 1.807) is 31.5 Å². The molecular weight excluding hydrogens is 460 g/mol. The first-order chi connectivity index (χ1) is 16.4. The Bertz CT molecular complexity index is 1290. The molecule has 178 valence electrons. The van der Waals surface area contributed by atoms with Gasteiger partial charge in [-0.1, -0.05) is 18.2 Å². The number of nitrogens with one attached hydrogen (secondary N) is 3. The number of aromatic nitrogens is 1. The number of fused-ring (bicyclic) bond motifs is 1. The van der Waals surface area contributed by atoms with Gasteiger partial charge in [0.2, 0.25) is 5.91 Å². The molecule has 3 aromatic rings. The van der Waals surface area contributed by atoms with Crippen LogP contribution in [0.4, 0.5) is 5.82 Å². The van der Waals surface area contributed by atoms with Crippen molar-refractivity contribution in [1.82, 2.24) is 15.6 Å². The van der Waals surface area contributed by atoms with Crippen LogP contribution in [0.1, 0.15) is 5.56 Å². The number of carbonyl (C=O) groups excluding carboxylic acids is 1. The number of rotatable bonds is 7. The molecule has 1 unspecified atom stereocenters. The molecule has 2 atom stereocenters. The fourth-order valence-corrected chi connectivity index (χ4v) is 4.42. The maximum absolute atomic E-state index is 12.9. The lowest BCUT2D eigenvalue weighted by Crippen LogP contribution is -2.45. The molecule has 0 radical (unpaired) electrons. The zero-order valence-corrected chi connectivity index (χ0v) is 19.8. The van der Waals surface area contributed by atoms with Crippen molar-refractivity contribution in [2.75, 3.05) is 32.6 Å². The molecule has 1 aromatic carbocycles. The van der Waals surface area contributed by atoms with Crippen LogP contribution >= 0.6 is 11.6 Å². The van der Waals surface area contributed by atoms with Crippen molar-refractivity contribution in [1.29, 1.82) is 0 Å². The van der Waals surface area contributed by atoms with Crippen LogP contribution in [0, 0.1) is 6.92 Å². The quantitative estimate of drug-likeness (QED) is 0.438. The molecule has 0 spiro atoms. The second kappa shape index (κ2) is 9.74. The Morgan fingerprint density at radius 3 is 2.68 bits per heavy atom. The number of methoxy groups -OCH3 is 2. The van der Waals surface area contributed by atoms with E-state index in [1.165, 1.54) is 13.2 Å². The second-order valence-electron chi connectivity index (χ2n) is 7.88. The summed E-state index contributed by atoms with van der Waals surface area (Å²) in [6.07, 6.45) is 2.83. The molecule has 3 heterocycles. The van der Waals surface area contributed by atoms with E-state index in [2.05, 4.69) is 27.5 Å². The number of nitrogens with zero attached hydrogens (tertiary/aromatic N) is 1. The fraction of sp³-hybridized carbons (Fsp3) is 0.292. The van der Waals surface area contributed by atoms with E-state index in [1.807, 2.05) is 6.92 Å². The molecule has 10 heteroatoms. The van der Waals surface area contributed by atoms with Gasteiger partial charge < -0.3 is 29.8 Å². The Kier molecular flexibility index (Phi) is 6.76. The van der Waals surface area contributed by atoms with E-state index in [0.29, 0.717) is 57.3 Å². The van der Waals surface area contributed by atoms with Gasteiger partial charge in [-0.25, -0.2) is 9.78 Å². The van der Waals surface area contributed by atoms with Crippen molar-refractivity contribution in [3.8, 4) is 22.8 Å². The van der Waals surface area contributed by atoms with E-state index in [4.69, 9.17) is 25.5 Å². The third-order valence-electron chi connectivity index (χ3n) is 5.83. The van der Waals surface area contributed by atoms with E-state index >= 15 is 0 Å². The molecule has 3 N–H and O–H groups in total. The number of halogens is 1. The number of pyridine rings is 1. The van der Waals surface area contributed by atoms with Gasteiger partial charge in [-0.2, -0.15) is 0 Å². The predicted molar refractivity (Wildman–Crippen MR) is 131 cm³/mol. The van der Waals surface area contributed by atoms with Gasteiger partial charge in [-0.15, -0.1) is 0 Å². The average molecular weight is 485 g/mol. The first-order valence-corrected chi connectivity index (χ1v) is 11.0. The highest BCUT2D eigenvalue weighted by Gasteiger charge is 2.28. The molecular formula is C24H25ClN4O5.